The first-order valence-corrected chi connectivity index (χ1v) is 11.0. The molecule has 7 heteroatoms. The minimum atomic E-state index is -0.602. The maximum absolute atomic E-state index is 11.9. The number of nitrogens with zero attached hydrogens (tertiary/aromatic N) is 3. The Bertz CT molecular complexity index is 1480. The normalized spacial score (nSPS) is 14.2. The number of carbonyl (C=O) groups is 1. The lowest BCUT2D eigenvalue weighted by Gasteiger charge is -2.12. The van der Waals surface area contributed by atoms with Crippen LogP contribution in [0.2, 0.25) is 5.02 Å². The molecule has 5 rings (SSSR count). The number of hydrogen-bond acceptors (Lipinski definition) is 5. The van der Waals surface area contributed by atoms with Crippen molar-refractivity contribution < 1.29 is 9.32 Å². The largest absolute Gasteiger partial charge is 0.370 e. The van der Waals surface area contributed by atoms with Crippen LogP contribution >= 0.6 is 11.6 Å². The Labute approximate surface area is 201 Å². The molecule has 2 aromatic carbocycles. The molecule has 0 fully saturated rings. The fourth-order valence-electron chi connectivity index (χ4n) is 4.00. The van der Waals surface area contributed by atoms with E-state index >= 15 is 0 Å². The summed E-state index contributed by atoms with van der Waals surface area (Å²) in [5, 5.41) is 4.79. The van der Waals surface area contributed by atoms with Gasteiger partial charge in [-0.3, -0.25) is 9.79 Å². The van der Waals surface area contributed by atoms with Crippen molar-refractivity contribution in [3.63, 3.8) is 0 Å². The topological polar surface area (TPSA) is 94.4 Å². The highest BCUT2D eigenvalue weighted by molar-refractivity contribution is 6.30. The molecule has 0 saturated heterocycles. The fourth-order valence-corrected chi connectivity index (χ4v) is 4.13. The van der Waals surface area contributed by atoms with E-state index in [1.54, 1.807) is 6.20 Å². The van der Waals surface area contributed by atoms with Gasteiger partial charge in [-0.2, -0.15) is 0 Å². The molecule has 6 nitrogen and oxygen atoms in total. The van der Waals surface area contributed by atoms with Crippen LogP contribution in [0, 0.1) is 18.8 Å². The molecule has 1 aliphatic heterocycles. The number of carbonyl (C=O) groups excluding carboxylic acids is 1. The number of aromatic nitrogens is 2. The highest BCUT2D eigenvalue weighted by Gasteiger charge is 2.31. The highest BCUT2D eigenvalue weighted by Crippen LogP contribution is 2.41. The van der Waals surface area contributed by atoms with Gasteiger partial charge in [-0.05, 0) is 54.8 Å². The Morgan fingerprint density at radius 1 is 1.09 bits per heavy atom. The fraction of sp³-hybridized carbons (Fsp3) is 0.111. The minimum Gasteiger partial charge on any atom is -0.370 e. The Morgan fingerprint density at radius 3 is 2.65 bits per heavy atom. The number of fused-ring (bicyclic) bond motifs is 3. The summed E-state index contributed by atoms with van der Waals surface area (Å²) in [5.41, 5.74) is 11.9. The van der Waals surface area contributed by atoms with Crippen LogP contribution in [0.15, 0.2) is 76.4 Å². The molecule has 2 N–H and O–H groups in total. The third-order valence-corrected chi connectivity index (χ3v) is 5.78. The van der Waals surface area contributed by atoms with Gasteiger partial charge < -0.3 is 10.3 Å². The monoisotopic (exact) mass is 466 g/mol. The number of nitrogens with two attached hydrogens (primary N) is 1. The molecule has 2 aromatic heterocycles. The Morgan fingerprint density at radius 2 is 1.91 bits per heavy atom. The highest BCUT2D eigenvalue weighted by atomic mass is 35.5. The summed E-state index contributed by atoms with van der Waals surface area (Å²) in [4.78, 5) is 21.1. The minimum absolute atomic E-state index is 0.000942. The second kappa shape index (κ2) is 8.97. The van der Waals surface area contributed by atoms with Crippen molar-refractivity contribution in [1.82, 2.24) is 10.1 Å². The zero-order valence-corrected chi connectivity index (χ0v) is 19.0. The van der Waals surface area contributed by atoms with Crippen molar-refractivity contribution in [1.29, 1.82) is 0 Å². The molecule has 0 unspecified atom stereocenters. The summed E-state index contributed by atoms with van der Waals surface area (Å²) in [6.45, 7) is 1.87. The van der Waals surface area contributed by atoms with E-state index in [1.165, 1.54) is 0 Å². The van der Waals surface area contributed by atoms with Gasteiger partial charge in [0.15, 0.2) is 5.76 Å². The van der Waals surface area contributed by atoms with Gasteiger partial charge in [0.05, 0.1) is 23.4 Å². The number of primary amides is 1. The Balaban J connectivity index is 1.71. The van der Waals surface area contributed by atoms with E-state index in [0.717, 1.165) is 27.8 Å². The van der Waals surface area contributed by atoms with Crippen molar-refractivity contribution in [3.8, 4) is 23.0 Å². The number of rotatable bonds is 3. The van der Waals surface area contributed by atoms with Crippen molar-refractivity contribution in [3.05, 3.63) is 106 Å². The van der Waals surface area contributed by atoms with Gasteiger partial charge in [0.1, 0.15) is 11.7 Å². The quantitative estimate of drug-likeness (QED) is 0.436. The second-order valence-corrected chi connectivity index (χ2v) is 8.34. The summed E-state index contributed by atoms with van der Waals surface area (Å²) >= 11 is 6.12. The zero-order chi connectivity index (χ0) is 23.7. The number of halogens is 1. The molecule has 0 bridgehead atoms. The first-order valence-electron chi connectivity index (χ1n) is 10.7. The van der Waals surface area contributed by atoms with Crippen LogP contribution in [0.4, 0.5) is 0 Å². The molecule has 0 spiro atoms. The Hall–Kier alpha value is -4.21. The van der Waals surface area contributed by atoms with Crippen molar-refractivity contribution in [2.24, 2.45) is 10.7 Å². The standard InChI is InChI=1S/C27H19ClN4O2/c1-16-25-22-14-17(5-11-20-4-2-3-13-30-20)6-12-21(22)26(18-7-9-19(28)10-8-18)31-23(15-24(29)33)27(25)34-32-16/h2-4,6-10,12-14,23H,15H2,1H3,(H2,29,33)/t23-/m0/s1. The average molecular weight is 467 g/mol. The molecule has 1 amide bonds. The summed E-state index contributed by atoms with van der Waals surface area (Å²) in [6.07, 6.45) is 1.71. The van der Waals surface area contributed by atoms with Gasteiger partial charge in [-0.1, -0.05) is 46.9 Å². The van der Waals surface area contributed by atoms with E-state index in [4.69, 9.17) is 26.9 Å². The smallest absolute Gasteiger partial charge is 0.220 e. The molecular weight excluding hydrogens is 448 g/mol. The van der Waals surface area contributed by atoms with Gasteiger partial charge in [-0.25, -0.2) is 4.98 Å². The van der Waals surface area contributed by atoms with Crippen molar-refractivity contribution >= 4 is 23.2 Å². The van der Waals surface area contributed by atoms with Crippen LogP contribution in [0.3, 0.4) is 0 Å². The summed E-state index contributed by atoms with van der Waals surface area (Å²) in [6, 6.07) is 18.3. The number of hydrogen-bond donors (Lipinski definition) is 1. The molecule has 34 heavy (non-hydrogen) atoms. The first-order chi connectivity index (χ1) is 16.5. The first kappa shape index (κ1) is 21.6. The van der Waals surface area contributed by atoms with E-state index in [-0.39, 0.29) is 6.42 Å². The molecule has 3 heterocycles. The summed E-state index contributed by atoms with van der Waals surface area (Å²) in [5.74, 6) is 6.31. The molecule has 1 aliphatic rings. The van der Waals surface area contributed by atoms with E-state index in [9.17, 15) is 4.79 Å². The predicted molar refractivity (Wildman–Crippen MR) is 131 cm³/mol. The van der Waals surface area contributed by atoms with Crippen LogP contribution in [0.1, 0.15) is 46.3 Å². The van der Waals surface area contributed by atoms with Gasteiger partial charge in [0.25, 0.3) is 0 Å². The third kappa shape index (κ3) is 4.21. The number of aryl methyl sites for hydroxylation is 1. The van der Waals surface area contributed by atoms with Gasteiger partial charge in [-0.15, -0.1) is 0 Å². The number of benzene rings is 2. The number of pyridine rings is 1. The number of aliphatic imine (C=N–C) groups is 1. The molecule has 0 aliphatic carbocycles. The molecule has 0 radical (unpaired) electrons. The van der Waals surface area contributed by atoms with E-state index in [0.29, 0.717) is 27.9 Å². The SMILES string of the molecule is Cc1noc2c1-c1cc(C#Cc3ccccn3)ccc1C(c1ccc(Cl)cc1)=N[C@H]2CC(N)=O. The summed E-state index contributed by atoms with van der Waals surface area (Å²) < 4.78 is 5.68. The van der Waals surface area contributed by atoms with Gasteiger partial charge in [0, 0.05) is 27.9 Å². The molecule has 4 aromatic rings. The van der Waals surface area contributed by atoms with Crippen LogP contribution in [0.5, 0.6) is 0 Å². The number of amides is 1. The summed E-state index contributed by atoms with van der Waals surface area (Å²) in [7, 11) is 0. The average Bonchev–Trinajstić information content (AvgIpc) is 3.16. The maximum atomic E-state index is 11.9. The van der Waals surface area contributed by atoms with Crippen LogP contribution < -0.4 is 5.73 Å². The third-order valence-electron chi connectivity index (χ3n) is 5.53. The second-order valence-electron chi connectivity index (χ2n) is 7.90. The zero-order valence-electron chi connectivity index (χ0n) is 18.2. The Kier molecular flexibility index (Phi) is 5.70. The lowest BCUT2D eigenvalue weighted by atomic mass is 9.91. The maximum Gasteiger partial charge on any atom is 0.220 e. The van der Waals surface area contributed by atoms with Crippen LogP contribution in [-0.2, 0) is 4.79 Å². The lowest BCUT2D eigenvalue weighted by Crippen LogP contribution is -2.15. The molecule has 166 valence electrons. The predicted octanol–water partition coefficient (Wildman–Crippen LogP) is 4.87. The van der Waals surface area contributed by atoms with Gasteiger partial charge >= 0.3 is 0 Å². The van der Waals surface area contributed by atoms with E-state index < -0.39 is 11.9 Å². The van der Waals surface area contributed by atoms with E-state index in [1.807, 2.05) is 67.6 Å². The van der Waals surface area contributed by atoms with Crippen molar-refractivity contribution in [2.75, 3.05) is 0 Å². The lowest BCUT2D eigenvalue weighted by molar-refractivity contribution is -0.118. The molecular formula is C27H19ClN4O2. The molecule has 0 saturated carbocycles. The van der Waals surface area contributed by atoms with Crippen LogP contribution in [0.25, 0.3) is 11.1 Å². The van der Waals surface area contributed by atoms with E-state index in [2.05, 4.69) is 22.0 Å². The van der Waals surface area contributed by atoms with Crippen LogP contribution in [-0.4, -0.2) is 21.8 Å². The molecule has 1 atom stereocenters. The van der Waals surface area contributed by atoms with Crippen molar-refractivity contribution in [2.45, 2.75) is 19.4 Å². The van der Waals surface area contributed by atoms with Gasteiger partial charge in [0.2, 0.25) is 5.91 Å².